The number of carbonyl (C=O) groups is 1. The lowest BCUT2D eigenvalue weighted by Gasteiger charge is -2.09. The summed E-state index contributed by atoms with van der Waals surface area (Å²) in [6.45, 7) is 3.94. The van der Waals surface area contributed by atoms with Crippen molar-refractivity contribution in [3.8, 4) is 11.1 Å². The topological polar surface area (TPSA) is 73.0 Å². The van der Waals surface area contributed by atoms with Gasteiger partial charge in [0.15, 0.2) is 11.4 Å². The third-order valence-corrected chi connectivity index (χ3v) is 4.99. The first kappa shape index (κ1) is 15.6. The van der Waals surface area contributed by atoms with Gasteiger partial charge in [-0.3, -0.25) is 14.2 Å². The van der Waals surface area contributed by atoms with Crippen molar-refractivity contribution in [1.82, 2.24) is 24.6 Å². The van der Waals surface area contributed by atoms with Crippen LogP contribution in [0.4, 0.5) is 0 Å². The van der Waals surface area contributed by atoms with Crippen molar-refractivity contribution in [3.63, 3.8) is 0 Å². The van der Waals surface area contributed by atoms with Gasteiger partial charge in [-0.15, -0.1) is 21.5 Å². The number of aryl methyl sites for hydroxylation is 2. The van der Waals surface area contributed by atoms with Crippen LogP contribution in [-0.2, 0) is 6.42 Å². The summed E-state index contributed by atoms with van der Waals surface area (Å²) in [4.78, 5) is 21.5. The molecule has 0 amide bonds. The van der Waals surface area contributed by atoms with E-state index in [9.17, 15) is 4.79 Å². The van der Waals surface area contributed by atoms with Crippen LogP contribution >= 0.6 is 11.3 Å². The van der Waals surface area contributed by atoms with Crippen LogP contribution in [-0.4, -0.2) is 30.3 Å². The molecule has 124 valence electrons. The number of Topliss-reactive ketones (excluding diaryl/α,β-unsaturated/α-hetero) is 1. The highest BCUT2D eigenvalue weighted by atomic mass is 32.1. The lowest BCUT2D eigenvalue weighted by atomic mass is 10.0. The second-order valence-electron chi connectivity index (χ2n) is 5.88. The third kappa shape index (κ3) is 2.94. The SMILES string of the molecule is Cc1csc(CC(=O)c2cc(-c3cnccc3C)cn3cnnc23)n1. The first-order chi connectivity index (χ1) is 12.1. The second-order valence-corrected chi connectivity index (χ2v) is 6.82. The average Bonchev–Trinajstić information content (AvgIpc) is 3.23. The highest BCUT2D eigenvalue weighted by Gasteiger charge is 2.17. The highest BCUT2D eigenvalue weighted by Crippen LogP contribution is 2.25. The largest absolute Gasteiger partial charge is 0.294 e. The lowest BCUT2D eigenvalue weighted by molar-refractivity contribution is 0.0994. The van der Waals surface area contributed by atoms with Gasteiger partial charge in [0.05, 0.1) is 12.0 Å². The molecule has 0 aromatic carbocycles. The number of carbonyl (C=O) groups excluding carboxylic acids is 1. The van der Waals surface area contributed by atoms with Gasteiger partial charge in [0.1, 0.15) is 11.3 Å². The zero-order valence-electron chi connectivity index (χ0n) is 13.8. The van der Waals surface area contributed by atoms with Crippen molar-refractivity contribution in [2.75, 3.05) is 0 Å². The van der Waals surface area contributed by atoms with E-state index in [1.165, 1.54) is 11.3 Å². The summed E-state index contributed by atoms with van der Waals surface area (Å²) < 4.78 is 1.78. The third-order valence-electron chi connectivity index (χ3n) is 4.02. The summed E-state index contributed by atoms with van der Waals surface area (Å²) in [6.07, 6.45) is 7.35. The van der Waals surface area contributed by atoms with Crippen LogP contribution in [0.25, 0.3) is 16.8 Å². The average molecular weight is 349 g/mol. The van der Waals surface area contributed by atoms with E-state index in [-0.39, 0.29) is 12.2 Å². The summed E-state index contributed by atoms with van der Waals surface area (Å²) >= 11 is 1.50. The molecule has 4 rings (SSSR count). The first-order valence-corrected chi connectivity index (χ1v) is 8.68. The summed E-state index contributed by atoms with van der Waals surface area (Å²) in [7, 11) is 0. The number of nitrogens with zero attached hydrogens (tertiary/aromatic N) is 5. The van der Waals surface area contributed by atoms with Gasteiger partial charge < -0.3 is 0 Å². The lowest BCUT2D eigenvalue weighted by Crippen LogP contribution is -2.07. The van der Waals surface area contributed by atoms with E-state index in [1.54, 1.807) is 23.1 Å². The maximum absolute atomic E-state index is 12.9. The first-order valence-electron chi connectivity index (χ1n) is 7.80. The molecule has 0 aliphatic carbocycles. The highest BCUT2D eigenvalue weighted by molar-refractivity contribution is 7.09. The van der Waals surface area contributed by atoms with Gasteiger partial charge in [0.2, 0.25) is 0 Å². The molecule has 0 atom stereocenters. The summed E-state index contributed by atoms with van der Waals surface area (Å²) in [5.41, 5.74) is 5.03. The molecule has 25 heavy (non-hydrogen) atoms. The molecule has 0 saturated carbocycles. The van der Waals surface area contributed by atoms with E-state index in [1.807, 2.05) is 37.6 Å². The van der Waals surface area contributed by atoms with Crippen LogP contribution in [0, 0.1) is 13.8 Å². The monoisotopic (exact) mass is 349 g/mol. The molecule has 0 saturated heterocycles. The Morgan fingerprint density at radius 1 is 1.32 bits per heavy atom. The fraction of sp³-hybridized carbons (Fsp3) is 0.167. The Bertz CT molecular complexity index is 1080. The zero-order valence-corrected chi connectivity index (χ0v) is 14.6. The zero-order chi connectivity index (χ0) is 17.4. The molecule has 6 nitrogen and oxygen atoms in total. The molecule has 4 heterocycles. The molecule has 0 aliphatic heterocycles. The smallest absolute Gasteiger partial charge is 0.173 e. The number of thiazole rings is 1. The van der Waals surface area contributed by atoms with Gasteiger partial charge in [-0.2, -0.15) is 0 Å². The molecule has 4 aromatic rings. The molecular formula is C18H15N5OS. The minimum absolute atomic E-state index is 0.0178. The van der Waals surface area contributed by atoms with Crippen molar-refractivity contribution in [3.05, 3.63) is 64.3 Å². The number of hydrogen-bond donors (Lipinski definition) is 0. The van der Waals surface area contributed by atoms with Crippen molar-refractivity contribution < 1.29 is 4.79 Å². The second kappa shape index (κ2) is 6.18. The van der Waals surface area contributed by atoms with Crippen LogP contribution in [0.5, 0.6) is 0 Å². The van der Waals surface area contributed by atoms with E-state index in [2.05, 4.69) is 20.2 Å². The number of pyridine rings is 2. The van der Waals surface area contributed by atoms with Crippen molar-refractivity contribution >= 4 is 22.8 Å². The predicted octanol–water partition coefficient (Wildman–Crippen LogP) is 3.29. The fourth-order valence-electron chi connectivity index (χ4n) is 2.77. The van der Waals surface area contributed by atoms with Crippen molar-refractivity contribution in [2.24, 2.45) is 0 Å². The number of hydrogen-bond acceptors (Lipinski definition) is 6. The molecule has 0 aliphatic rings. The predicted molar refractivity (Wildman–Crippen MR) is 95.8 cm³/mol. The molecule has 7 heteroatoms. The molecule has 0 fully saturated rings. The van der Waals surface area contributed by atoms with Crippen LogP contribution < -0.4 is 0 Å². The van der Waals surface area contributed by atoms with Crippen LogP contribution in [0.15, 0.2) is 42.4 Å². The Kier molecular flexibility index (Phi) is 3.85. The van der Waals surface area contributed by atoms with E-state index >= 15 is 0 Å². The van der Waals surface area contributed by atoms with Crippen molar-refractivity contribution in [1.29, 1.82) is 0 Å². The normalized spacial score (nSPS) is 11.1. The van der Waals surface area contributed by atoms with Gasteiger partial charge in [-0.05, 0) is 31.5 Å². The van der Waals surface area contributed by atoms with Crippen LogP contribution in [0.2, 0.25) is 0 Å². The van der Waals surface area contributed by atoms with Crippen molar-refractivity contribution in [2.45, 2.75) is 20.3 Å². The molecule has 0 radical (unpaired) electrons. The Morgan fingerprint density at radius 3 is 2.96 bits per heavy atom. The molecule has 0 N–H and O–H groups in total. The van der Waals surface area contributed by atoms with Gasteiger partial charge in [0.25, 0.3) is 0 Å². The standard InChI is InChI=1S/C18H15N5OS/c1-11-3-4-19-7-15(11)13-5-14(18-22-20-10-23(18)8-13)16(24)6-17-21-12(2)9-25-17/h3-5,7-10H,6H2,1-2H3. The molecular weight excluding hydrogens is 334 g/mol. The van der Waals surface area contributed by atoms with Gasteiger partial charge in [-0.1, -0.05) is 0 Å². The Balaban J connectivity index is 1.81. The number of rotatable bonds is 4. The van der Waals surface area contributed by atoms with Crippen LogP contribution in [0.1, 0.15) is 26.6 Å². The number of aromatic nitrogens is 5. The minimum Gasteiger partial charge on any atom is -0.294 e. The van der Waals surface area contributed by atoms with Crippen LogP contribution in [0.3, 0.4) is 0 Å². The van der Waals surface area contributed by atoms with Gasteiger partial charge in [-0.25, -0.2) is 4.98 Å². The van der Waals surface area contributed by atoms with E-state index in [4.69, 9.17) is 0 Å². The molecule has 4 aromatic heterocycles. The van der Waals surface area contributed by atoms with E-state index in [0.29, 0.717) is 11.2 Å². The quantitative estimate of drug-likeness (QED) is 0.529. The van der Waals surface area contributed by atoms with E-state index in [0.717, 1.165) is 27.4 Å². The summed E-state index contributed by atoms with van der Waals surface area (Å²) in [5, 5.41) is 10.8. The number of fused-ring (bicyclic) bond motifs is 1. The van der Waals surface area contributed by atoms with Gasteiger partial charge >= 0.3 is 0 Å². The minimum atomic E-state index is -0.0178. The maximum atomic E-state index is 12.9. The Labute approximate surface area is 148 Å². The molecule has 0 unspecified atom stereocenters. The number of ketones is 1. The Morgan fingerprint density at radius 2 is 2.20 bits per heavy atom. The molecule has 0 bridgehead atoms. The summed E-state index contributed by atoms with van der Waals surface area (Å²) in [6, 6.07) is 3.82. The van der Waals surface area contributed by atoms with E-state index < -0.39 is 0 Å². The Hall–Kier alpha value is -2.93. The maximum Gasteiger partial charge on any atom is 0.173 e. The molecule has 0 spiro atoms. The summed E-state index contributed by atoms with van der Waals surface area (Å²) in [5.74, 6) is -0.0178. The van der Waals surface area contributed by atoms with Gasteiger partial charge in [0, 0.05) is 40.8 Å². The fourth-order valence-corrected chi connectivity index (χ4v) is 3.54.